The lowest BCUT2D eigenvalue weighted by Crippen LogP contribution is -2.33. The van der Waals surface area contributed by atoms with Gasteiger partial charge in [0.15, 0.2) is 0 Å². The second kappa shape index (κ2) is 11.3. The summed E-state index contributed by atoms with van der Waals surface area (Å²) in [7, 11) is 1.65. The van der Waals surface area contributed by atoms with Gasteiger partial charge in [-0.2, -0.15) is 0 Å². The first kappa shape index (κ1) is 24.8. The van der Waals surface area contributed by atoms with Crippen molar-refractivity contribution < 1.29 is 14.3 Å². The summed E-state index contributed by atoms with van der Waals surface area (Å²) in [5.41, 5.74) is 3.93. The lowest BCUT2D eigenvalue weighted by Gasteiger charge is -2.30. The minimum atomic E-state index is -0.187. The third-order valence-electron chi connectivity index (χ3n) is 6.02. The van der Waals surface area contributed by atoms with Crippen LogP contribution >= 0.6 is 0 Å². The molecule has 1 heterocycles. The number of anilines is 2. The second-order valence-electron chi connectivity index (χ2n) is 9.66. The molecule has 2 N–H and O–H groups in total. The Hall–Kier alpha value is -2.86. The average molecular weight is 452 g/mol. The maximum absolute atomic E-state index is 13.0. The summed E-state index contributed by atoms with van der Waals surface area (Å²) in [6.07, 6.45) is 4.22. The number of hydrogen-bond acceptors (Lipinski definition) is 4. The Kier molecular flexibility index (Phi) is 8.50. The molecule has 0 bridgehead atoms. The highest BCUT2D eigenvalue weighted by atomic mass is 16.5. The molecule has 1 saturated heterocycles. The highest BCUT2D eigenvalue weighted by molar-refractivity contribution is 6.06. The van der Waals surface area contributed by atoms with E-state index in [-0.39, 0.29) is 17.2 Å². The number of nitrogens with zero attached hydrogens (tertiary/aromatic N) is 1. The average Bonchev–Trinajstić information content (AvgIpc) is 2.81. The Bertz CT molecular complexity index is 942. The lowest BCUT2D eigenvalue weighted by molar-refractivity contribution is 0.0947. The van der Waals surface area contributed by atoms with E-state index in [4.69, 9.17) is 4.74 Å². The lowest BCUT2D eigenvalue weighted by atomic mass is 9.87. The van der Waals surface area contributed by atoms with E-state index in [1.807, 2.05) is 36.4 Å². The van der Waals surface area contributed by atoms with Gasteiger partial charge in [0.05, 0.1) is 5.56 Å². The van der Waals surface area contributed by atoms with Crippen LogP contribution in [0.5, 0.6) is 0 Å². The highest BCUT2D eigenvalue weighted by Crippen LogP contribution is 2.28. The van der Waals surface area contributed by atoms with Gasteiger partial charge in [0, 0.05) is 50.3 Å². The largest absolute Gasteiger partial charge is 0.385 e. The van der Waals surface area contributed by atoms with Crippen molar-refractivity contribution in [2.45, 2.75) is 51.9 Å². The molecule has 2 aromatic carbocycles. The van der Waals surface area contributed by atoms with E-state index in [1.165, 1.54) is 12.0 Å². The van der Waals surface area contributed by atoms with Crippen LogP contribution in [-0.4, -0.2) is 45.2 Å². The topological polar surface area (TPSA) is 70.7 Å². The molecule has 0 aromatic heterocycles. The molecule has 1 fully saturated rings. The fourth-order valence-electron chi connectivity index (χ4n) is 4.04. The fraction of sp³-hybridized carbons (Fsp3) is 0.481. The van der Waals surface area contributed by atoms with Gasteiger partial charge in [-0.05, 0) is 67.0 Å². The van der Waals surface area contributed by atoms with Gasteiger partial charge >= 0.3 is 0 Å². The van der Waals surface area contributed by atoms with Gasteiger partial charge in [-0.3, -0.25) is 9.59 Å². The minimum Gasteiger partial charge on any atom is -0.385 e. The smallest absolute Gasteiger partial charge is 0.255 e. The van der Waals surface area contributed by atoms with Gasteiger partial charge in [0.2, 0.25) is 0 Å². The van der Waals surface area contributed by atoms with Crippen LogP contribution in [0.1, 0.15) is 72.7 Å². The molecule has 0 atom stereocenters. The number of benzene rings is 2. The van der Waals surface area contributed by atoms with Crippen LogP contribution in [0.4, 0.5) is 11.4 Å². The molecule has 0 unspecified atom stereocenters. The number of ether oxygens (including phenoxy) is 1. The number of rotatable bonds is 8. The Balaban J connectivity index is 1.78. The molecule has 2 aromatic rings. The van der Waals surface area contributed by atoms with Gasteiger partial charge in [-0.25, -0.2) is 0 Å². The molecule has 1 aliphatic rings. The molecule has 1 aliphatic heterocycles. The Morgan fingerprint density at radius 1 is 0.970 bits per heavy atom. The number of hydrogen-bond donors (Lipinski definition) is 2. The molecule has 6 heteroatoms. The van der Waals surface area contributed by atoms with Crippen molar-refractivity contribution in [2.24, 2.45) is 0 Å². The number of carbonyl (C=O) groups is 2. The highest BCUT2D eigenvalue weighted by Gasteiger charge is 2.20. The van der Waals surface area contributed by atoms with Crippen molar-refractivity contribution in [3.05, 3.63) is 59.2 Å². The Labute approximate surface area is 197 Å². The number of methoxy groups -OCH3 is 1. The van der Waals surface area contributed by atoms with Crippen LogP contribution in [0.15, 0.2) is 42.5 Å². The van der Waals surface area contributed by atoms with Gasteiger partial charge in [-0.1, -0.05) is 32.9 Å². The molecule has 0 saturated carbocycles. The number of carbonyl (C=O) groups excluding carboxylic acids is 2. The van der Waals surface area contributed by atoms with Crippen LogP contribution in [0.2, 0.25) is 0 Å². The molecule has 2 amide bonds. The number of amides is 2. The summed E-state index contributed by atoms with van der Waals surface area (Å²) in [6.45, 7) is 9.47. The molecule has 178 valence electrons. The normalized spacial score (nSPS) is 14.1. The van der Waals surface area contributed by atoms with E-state index in [9.17, 15) is 9.59 Å². The number of nitrogens with one attached hydrogen (secondary N) is 2. The van der Waals surface area contributed by atoms with Crippen LogP contribution in [0.25, 0.3) is 0 Å². The molecular weight excluding hydrogens is 414 g/mol. The zero-order valence-corrected chi connectivity index (χ0v) is 20.4. The van der Waals surface area contributed by atoms with Crippen molar-refractivity contribution in [1.29, 1.82) is 0 Å². The zero-order valence-electron chi connectivity index (χ0n) is 20.4. The summed E-state index contributed by atoms with van der Waals surface area (Å²) in [5, 5.41) is 5.95. The van der Waals surface area contributed by atoms with E-state index >= 15 is 0 Å². The van der Waals surface area contributed by atoms with E-state index in [0.29, 0.717) is 30.0 Å². The monoisotopic (exact) mass is 451 g/mol. The summed E-state index contributed by atoms with van der Waals surface area (Å²) in [5.74, 6) is -0.315. The van der Waals surface area contributed by atoms with Crippen molar-refractivity contribution in [1.82, 2.24) is 5.32 Å². The van der Waals surface area contributed by atoms with E-state index in [0.717, 1.165) is 38.0 Å². The maximum atomic E-state index is 13.0. The molecule has 6 nitrogen and oxygen atoms in total. The van der Waals surface area contributed by atoms with Crippen molar-refractivity contribution in [3.8, 4) is 0 Å². The standard InChI is InChI=1S/C27H37N3O3/c1-27(2,3)21-11-9-20(10-12-21)25(31)29-22-13-14-24(30-16-6-5-7-17-30)23(19-22)26(32)28-15-8-18-33-4/h9-14,19H,5-8,15-18H2,1-4H3,(H,28,32)(H,29,31). The van der Waals surface area contributed by atoms with Crippen LogP contribution in [0.3, 0.4) is 0 Å². The van der Waals surface area contributed by atoms with Crippen molar-refractivity contribution >= 4 is 23.2 Å². The van der Waals surface area contributed by atoms with Crippen molar-refractivity contribution in [3.63, 3.8) is 0 Å². The van der Waals surface area contributed by atoms with E-state index in [2.05, 4.69) is 36.3 Å². The molecular formula is C27H37N3O3. The summed E-state index contributed by atoms with van der Waals surface area (Å²) in [6, 6.07) is 13.3. The first-order valence-electron chi connectivity index (χ1n) is 11.9. The third kappa shape index (κ3) is 6.81. The first-order chi connectivity index (χ1) is 15.8. The Morgan fingerprint density at radius 2 is 1.67 bits per heavy atom. The zero-order chi connectivity index (χ0) is 23.8. The van der Waals surface area contributed by atoms with E-state index < -0.39 is 0 Å². The van der Waals surface area contributed by atoms with E-state index in [1.54, 1.807) is 13.2 Å². The van der Waals surface area contributed by atoms with Crippen LogP contribution < -0.4 is 15.5 Å². The molecule has 0 radical (unpaired) electrons. The molecule has 33 heavy (non-hydrogen) atoms. The predicted molar refractivity (Wildman–Crippen MR) is 134 cm³/mol. The van der Waals surface area contributed by atoms with Crippen LogP contribution in [-0.2, 0) is 10.2 Å². The van der Waals surface area contributed by atoms with Gasteiger partial charge in [-0.15, -0.1) is 0 Å². The summed E-state index contributed by atoms with van der Waals surface area (Å²) < 4.78 is 5.07. The quantitative estimate of drug-likeness (QED) is 0.555. The first-order valence-corrected chi connectivity index (χ1v) is 11.9. The van der Waals surface area contributed by atoms with Gasteiger partial charge in [0.25, 0.3) is 11.8 Å². The summed E-state index contributed by atoms with van der Waals surface area (Å²) >= 11 is 0. The molecule has 0 aliphatic carbocycles. The number of piperidine rings is 1. The third-order valence-corrected chi connectivity index (χ3v) is 6.02. The second-order valence-corrected chi connectivity index (χ2v) is 9.66. The molecule has 0 spiro atoms. The minimum absolute atomic E-state index is 0.0325. The van der Waals surface area contributed by atoms with Crippen molar-refractivity contribution in [2.75, 3.05) is 43.6 Å². The fourth-order valence-corrected chi connectivity index (χ4v) is 4.04. The summed E-state index contributed by atoms with van der Waals surface area (Å²) in [4.78, 5) is 28.1. The maximum Gasteiger partial charge on any atom is 0.255 e. The van der Waals surface area contributed by atoms with Crippen LogP contribution in [0, 0.1) is 0 Å². The Morgan fingerprint density at radius 3 is 2.30 bits per heavy atom. The molecule has 3 rings (SSSR count). The van der Waals surface area contributed by atoms with Gasteiger partial charge < -0.3 is 20.3 Å². The van der Waals surface area contributed by atoms with Gasteiger partial charge in [0.1, 0.15) is 0 Å². The SMILES string of the molecule is COCCCNC(=O)c1cc(NC(=O)c2ccc(C(C)(C)C)cc2)ccc1N1CCCCC1. The predicted octanol–water partition coefficient (Wildman–Crippen LogP) is 4.99.